The topological polar surface area (TPSA) is 75.4 Å². The molecule has 0 bridgehead atoms. The van der Waals surface area contributed by atoms with Crippen LogP contribution in [0.5, 0.6) is 0 Å². The van der Waals surface area contributed by atoms with Gasteiger partial charge in [-0.25, -0.2) is 4.79 Å². The molecule has 1 amide bonds. The van der Waals surface area contributed by atoms with Gasteiger partial charge in [0.15, 0.2) is 5.69 Å². The first-order valence-corrected chi connectivity index (χ1v) is 5.95. The highest BCUT2D eigenvalue weighted by Gasteiger charge is 2.42. The highest BCUT2D eigenvalue weighted by atomic mass is 19.4. The third-order valence-electron chi connectivity index (χ3n) is 3.01. The van der Waals surface area contributed by atoms with E-state index in [9.17, 15) is 22.8 Å². The number of amides is 1. The van der Waals surface area contributed by atoms with Crippen LogP contribution < -0.4 is 0 Å². The van der Waals surface area contributed by atoms with Crippen molar-refractivity contribution in [3.8, 4) is 0 Å². The summed E-state index contributed by atoms with van der Waals surface area (Å²) in [4.78, 5) is 22.8. The average Bonchev–Trinajstić information content (AvgIpc) is 2.69. The average molecular weight is 291 g/mol. The van der Waals surface area contributed by atoms with E-state index in [1.165, 1.54) is 10.7 Å². The largest absolute Gasteiger partial charge is 0.476 e. The van der Waals surface area contributed by atoms with Crippen LogP contribution >= 0.6 is 0 Å². The summed E-state index contributed by atoms with van der Waals surface area (Å²) in [5.74, 6) is -3.16. The first kappa shape index (κ1) is 14.4. The molecule has 0 fully saturated rings. The van der Waals surface area contributed by atoms with E-state index in [0.29, 0.717) is 30.0 Å². The summed E-state index contributed by atoms with van der Waals surface area (Å²) in [7, 11) is 0. The molecule has 0 saturated heterocycles. The number of hydrogen-bond acceptors (Lipinski definition) is 3. The standard InChI is InChI=1S/C11H12F3N3O3/c12-11(13,14)10(20)16-3-1-2-4-17-7(6-16)5-8(15-17)9(18)19/h5H,1-4,6H2,(H,18,19). The molecule has 20 heavy (non-hydrogen) atoms. The number of carboxylic acids is 1. The van der Waals surface area contributed by atoms with Crippen molar-refractivity contribution in [2.24, 2.45) is 0 Å². The minimum Gasteiger partial charge on any atom is -0.476 e. The van der Waals surface area contributed by atoms with E-state index in [1.54, 1.807) is 0 Å². The monoisotopic (exact) mass is 291 g/mol. The Hall–Kier alpha value is -2.06. The molecule has 2 rings (SSSR count). The zero-order valence-electron chi connectivity index (χ0n) is 10.4. The molecule has 1 aromatic heterocycles. The molecule has 110 valence electrons. The summed E-state index contributed by atoms with van der Waals surface area (Å²) < 4.78 is 38.8. The Labute approximate surface area is 111 Å². The molecule has 1 aliphatic rings. The smallest absolute Gasteiger partial charge is 0.471 e. The lowest BCUT2D eigenvalue weighted by Gasteiger charge is -2.26. The van der Waals surface area contributed by atoms with E-state index >= 15 is 0 Å². The van der Waals surface area contributed by atoms with Crippen LogP contribution in [-0.4, -0.2) is 44.4 Å². The van der Waals surface area contributed by atoms with Gasteiger partial charge in [0.1, 0.15) is 0 Å². The van der Waals surface area contributed by atoms with Gasteiger partial charge in [0.05, 0.1) is 12.2 Å². The number of fused-ring (bicyclic) bond motifs is 1. The van der Waals surface area contributed by atoms with Crippen LogP contribution in [0.2, 0.25) is 0 Å². The molecule has 2 heterocycles. The number of carboxylic acid groups (broad SMARTS) is 1. The highest BCUT2D eigenvalue weighted by molar-refractivity contribution is 5.85. The summed E-state index contributed by atoms with van der Waals surface area (Å²) >= 11 is 0. The molecular weight excluding hydrogens is 279 g/mol. The molecule has 0 radical (unpaired) electrons. The van der Waals surface area contributed by atoms with Gasteiger partial charge in [-0.3, -0.25) is 9.48 Å². The molecule has 1 aromatic rings. The van der Waals surface area contributed by atoms with Gasteiger partial charge < -0.3 is 10.0 Å². The van der Waals surface area contributed by atoms with Gasteiger partial charge in [-0.2, -0.15) is 18.3 Å². The van der Waals surface area contributed by atoms with Gasteiger partial charge in [0, 0.05) is 13.1 Å². The van der Waals surface area contributed by atoms with Gasteiger partial charge in [-0.15, -0.1) is 0 Å². The predicted molar refractivity (Wildman–Crippen MR) is 59.9 cm³/mol. The zero-order chi connectivity index (χ0) is 14.9. The maximum absolute atomic E-state index is 12.5. The normalized spacial score (nSPS) is 16.2. The number of halogens is 3. The second kappa shape index (κ2) is 5.14. The summed E-state index contributed by atoms with van der Waals surface area (Å²) in [6, 6.07) is 1.20. The third kappa shape index (κ3) is 2.91. The number of aromatic nitrogens is 2. The van der Waals surface area contributed by atoms with Crippen molar-refractivity contribution in [3.63, 3.8) is 0 Å². The number of hydrogen-bond donors (Lipinski definition) is 1. The Bertz CT molecular complexity index is 539. The van der Waals surface area contributed by atoms with Gasteiger partial charge >= 0.3 is 18.1 Å². The summed E-state index contributed by atoms with van der Waals surface area (Å²) in [5, 5.41) is 12.6. The van der Waals surface area contributed by atoms with Gasteiger partial charge in [-0.1, -0.05) is 0 Å². The fourth-order valence-electron chi connectivity index (χ4n) is 2.07. The quantitative estimate of drug-likeness (QED) is 0.845. The number of nitrogens with zero attached hydrogens (tertiary/aromatic N) is 3. The van der Waals surface area contributed by atoms with Gasteiger partial charge in [0.25, 0.3) is 0 Å². The van der Waals surface area contributed by atoms with Crippen LogP contribution in [0.25, 0.3) is 0 Å². The molecule has 0 saturated carbocycles. The van der Waals surface area contributed by atoms with E-state index in [4.69, 9.17) is 5.11 Å². The zero-order valence-corrected chi connectivity index (χ0v) is 10.4. The van der Waals surface area contributed by atoms with Crippen molar-refractivity contribution in [1.29, 1.82) is 0 Å². The molecule has 1 aliphatic heterocycles. The fourth-order valence-corrected chi connectivity index (χ4v) is 2.07. The SMILES string of the molecule is O=C(O)c1cc2n(n1)CCCCN(C(=O)C(F)(F)F)C2. The van der Waals surface area contributed by atoms with E-state index in [1.807, 2.05) is 0 Å². The summed E-state index contributed by atoms with van der Waals surface area (Å²) in [6.07, 6.45) is -4.00. The third-order valence-corrected chi connectivity index (χ3v) is 3.01. The molecule has 6 nitrogen and oxygen atoms in total. The van der Waals surface area contributed by atoms with E-state index < -0.39 is 18.1 Å². The molecule has 9 heteroatoms. The second-order valence-electron chi connectivity index (χ2n) is 4.48. The summed E-state index contributed by atoms with van der Waals surface area (Å²) in [6.45, 7) is 0.126. The predicted octanol–water partition coefficient (Wildman–Crippen LogP) is 1.27. The van der Waals surface area contributed by atoms with E-state index in [2.05, 4.69) is 5.10 Å². The fraction of sp³-hybridized carbons (Fsp3) is 0.545. The Kier molecular flexibility index (Phi) is 3.69. The Morgan fingerprint density at radius 2 is 1.90 bits per heavy atom. The number of aromatic carboxylic acids is 1. The maximum atomic E-state index is 12.5. The number of carbonyl (C=O) groups is 2. The molecule has 0 atom stereocenters. The molecule has 0 aliphatic carbocycles. The Balaban J connectivity index is 2.28. The highest BCUT2D eigenvalue weighted by Crippen LogP contribution is 2.22. The van der Waals surface area contributed by atoms with Crippen molar-refractivity contribution >= 4 is 11.9 Å². The minimum absolute atomic E-state index is 0.00801. The van der Waals surface area contributed by atoms with Gasteiger partial charge in [0.2, 0.25) is 0 Å². The number of aryl methyl sites for hydroxylation is 1. The molecule has 0 spiro atoms. The van der Waals surface area contributed by atoms with Gasteiger partial charge in [-0.05, 0) is 18.9 Å². The molecular formula is C11H12F3N3O3. The number of rotatable bonds is 1. The molecule has 1 N–H and O–H groups in total. The molecule has 0 unspecified atom stereocenters. The summed E-state index contributed by atoms with van der Waals surface area (Å²) in [5.41, 5.74) is 0.0565. The van der Waals surface area contributed by atoms with Crippen LogP contribution in [0.15, 0.2) is 6.07 Å². The lowest BCUT2D eigenvalue weighted by atomic mass is 10.2. The van der Waals surface area contributed by atoms with Crippen LogP contribution in [0.1, 0.15) is 29.0 Å². The van der Waals surface area contributed by atoms with Crippen LogP contribution in [0.3, 0.4) is 0 Å². The van der Waals surface area contributed by atoms with Crippen molar-refractivity contribution < 1.29 is 27.9 Å². The molecule has 0 aromatic carbocycles. The Morgan fingerprint density at radius 1 is 1.25 bits per heavy atom. The lowest BCUT2D eigenvalue weighted by Crippen LogP contribution is -2.42. The minimum atomic E-state index is -4.93. The van der Waals surface area contributed by atoms with Crippen LogP contribution in [-0.2, 0) is 17.9 Å². The Morgan fingerprint density at radius 3 is 2.50 bits per heavy atom. The van der Waals surface area contributed by atoms with Crippen LogP contribution in [0, 0.1) is 0 Å². The van der Waals surface area contributed by atoms with Crippen molar-refractivity contribution in [2.75, 3.05) is 6.54 Å². The second-order valence-corrected chi connectivity index (χ2v) is 4.48. The number of carbonyl (C=O) groups excluding carboxylic acids is 1. The lowest BCUT2D eigenvalue weighted by molar-refractivity contribution is -0.186. The van der Waals surface area contributed by atoms with E-state index in [-0.39, 0.29) is 18.8 Å². The van der Waals surface area contributed by atoms with Crippen molar-refractivity contribution in [1.82, 2.24) is 14.7 Å². The first-order valence-electron chi connectivity index (χ1n) is 5.95. The van der Waals surface area contributed by atoms with E-state index in [0.717, 1.165) is 0 Å². The number of alkyl halides is 3. The maximum Gasteiger partial charge on any atom is 0.471 e. The van der Waals surface area contributed by atoms with Crippen LogP contribution in [0.4, 0.5) is 13.2 Å². The van der Waals surface area contributed by atoms with Crippen molar-refractivity contribution in [2.45, 2.75) is 32.1 Å². The van der Waals surface area contributed by atoms with Crippen molar-refractivity contribution in [3.05, 3.63) is 17.5 Å². The first-order chi connectivity index (χ1) is 9.29.